The van der Waals surface area contributed by atoms with E-state index in [0.29, 0.717) is 12.2 Å². The molecule has 5 heteroatoms. The summed E-state index contributed by atoms with van der Waals surface area (Å²) in [5.41, 5.74) is 6.60. The molecule has 0 bridgehead atoms. The van der Waals surface area contributed by atoms with Gasteiger partial charge in [0.2, 0.25) is 5.91 Å². The molecule has 1 rings (SSSR count). The van der Waals surface area contributed by atoms with Crippen LogP contribution in [0.15, 0.2) is 24.3 Å². The van der Waals surface area contributed by atoms with Gasteiger partial charge in [-0.2, -0.15) is 0 Å². The van der Waals surface area contributed by atoms with Gasteiger partial charge in [-0.15, -0.1) is 0 Å². The van der Waals surface area contributed by atoms with Crippen LogP contribution in [0.2, 0.25) is 0 Å². The second-order valence-corrected chi connectivity index (χ2v) is 4.86. The third-order valence-corrected chi connectivity index (χ3v) is 3.16. The molecule has 0 atom stereocenters. The van der Waals surface area contributed by atoms with Gasteiger partial charge in [0.25, 0.3) is 0 Å². The topological polar surface area (TPSA) is 73.6 Å². The molecular weight excluding hydrogens is 244 g/mol. The van der Waals surface area contributed by atoms with Crippen molar-refractivity contribution in [3.05, 3.63) is 29.8 Å². The number of amides is 1. The lowest BCUT2D eigenvalue weighted by Gasteiger charge is -2.25. The normalized spacial score (nSPS) is 11.6. The minimum absolute atomic E-state index is 0.0867. The highest BCUT2D eigenvalue weighted by Gasteiger charge is 2.29. The van der Waals surface area contributed by atoms with E-state index in [4.69, 9.17) is 15.2 Å². The van der Waals surface area contributed by atoms with Gasteiger partial charge in [-0.05, 0) is 31.5 Å². The Hall–Kier alpha value is -1.59. The second kappa shape index (κ2) is 6.54. The molecule has 0 aliphatic heterocycles. The number of carbonyl (C=O) groups is 1. The maximum Gasteiger partial charge on any atom is 0.230 e. The first-order chi connectivity index (χ1) is 8.91. The summed E-state index contributed by atoms with van der Waals surface area (Å²) in [7, 11) is 3.07. The van der Waals surface area contributed by atoms with Gasteiger partial charge in [0.1, 0.15) is 0 Å². The number of hydrogen-bond donors (Lipinski definition) is 2. The number of methoxy groups -OCH3 is 2. The first-order valence-electron chi connectivity index (χ1n) is 6.11. The van der Waals surface area contributed by atoms with Gasteiger partial charge in [0.15, 0.2) is 6.29 Å². The molecule has 0 saturated carbocycles. The molecule has 19 heavy (non-hydrogen) atoms. The Balaban J connectivity index is 2.71. The summed E-state index contributed by atoms with van der Waals surface area (Å²) in [5, 5.41) is 2.82. The quantitative estimate of drug-likeness (QED) is 0.601. The summed E-state index contributed by atoms with van der Waals surface area (Å²) in [6, 6.07) is 7.30. The number of hydrogen-bond acceptors (Lipinski definition) is 4. The summed E-state index contributed by atoms with van der Waals surface area (Å²) in [4.78, 5) is 12.2. The van der Waals surface area contributed by atoms with Gasteiger partial charge in [0, 0.05) is 19.9 Å². The van der Waals surface area contributed by atoms with Crippen molar-refractivity contribution in [2.75, 3.05) is 26.5 Å². The lowest BCUT2D eigenvalue weighted by Crippen LogP contribution is -2.43. The second-order valence-electron chi connectivity index (χ2n) is 4.86. The molecular formula is C14H22N2O3. The van der Waals surface area contributed by atoms with E-state index in [1.165, 1.54) is 14.2 Å². The van der Waals surface area contributed by atoms with Gasteiger partial charge < -0.3 is 20.5 Å². The summed E-state index contributed by atoms with van der Waals surface area (Å²) in [6.07, 6.45) is -0.439. The molecule has 0 radical (unpaired) electrons. The Morgan fingerprint density at radius 2 is 1.79 bits per heavy atom. The monoisotopic (exact) mass is 266 g/mol. The number of nitrogens with one attached hydrogen (secondary N) is 1. The van der Waals surface area contributed by atoms with Crippen molar-refractivity contribution in [1.82, 2.24) is 5.32 Å². The number of rotatable bonds is 6. The summed E-state index contributed by atoms with van der Waals surface area (Å²) >= 11 is 0. The molecule has 1 aromatic carbocycles. The lowest BCUT2D eigenvalue weighted by molar-refractivity contribution is -0.131. The SMILES string of the molecule is COC(CNC(=O)C(C)(C)c1ccc(N)cc1)OC. The van der Waals surface area contributed by atoms with Crippen molar-refractivity contribution in [3.63, 3.8) is 0 Å². The van der Waals surface area contributed by atoms with Crippen LogP contribution in [0.3, 0.4) is 0 Å². The fraction of sp³-hybridized carbons (Fsp3) is 0.500. The molecule has 0 fully saturated rings. The molecule has 0 saturated heterocycles. The first kappa shape index (κ1) is 15.5. The minimum atomic E-state index is -0.639. The zero-order valence-corrected chi connectivity index (χ0v) is 11.9. The largest absolute Gasteiger partial charge is 0.399 e. The standard InChI is InChI=1S/C14H22N2O3/c1-14(2,10-5-7-11(15)8-6-10)13(17)16-9-12(18-3)19-4/h5-8,12H,9,15H2,1-4H3,(H,16,17). The van der Waals surface area contributed by atoms with Crippen LogP contribution in [0, 0.1) is 0 Å². The molecule has 0 unspecified atom stereocenters. The summed E-state index contributed by atoms with van der Waals surface area (Å²) in [5.74, 6) is -0.0867. The molecule has 1 amide bonds. The average Bonchev–Trinajstić information content (AvgIpc) is 2.40. The number of nitrogens with two attached hydrogens (primary N) is 1. The summed E-state index contributed by atoms with van der Waals surface area (Å²) in [6.45, 7) is 4.04. The number of benzene rings is 1. The Labute approximate surface area is 114 Å². The molecule has 0 aromatic heterocycles. The molecule has 0 heterocycles. The van der Waals surface area contributed by atoms with Crippen LogP contribution in [0.4, 0.5) is 5.69 Å². The molecule has 0 aliphatic carbocycles. The van der Waals surface area contributed by atoms with Crippen molar-refractivity contribution in [1.29, 1.82) is 0 Å². The van der Waals surface area contributed by atoms with Crippen molar-refractivity contribution in [2.24, 2.45) is 0 Å². The van der Waals surface area contributed by atoms with Gasteiger partial charge in [-0.3, -0.25) is 4.79 Å². The van der Waals surface area contributed by atoms with Crippen LogP contribution in [-0.2, 0) is 19.7 Å². The Morgan fingerprint density at radius 1 is 1.26 bits per heavy atom. The fourth-order valence-electron chi connectivity index (χ4n) is 1.69. The average molecular weight is 266 g/mol. The van der Waals surface area contributed by atoms with Crippen molar-refractivity contribution >= 4 is 11.6 Å². The van der Waals surface area contributed by atoms with E-state index in [1.54, 1.807) is 12.1 Å². The number of ether oxygens (including phenoxy) is 2. The van der Waals surface area contributed by atoms with E-state index in [-0.39, 0.29) is 5.91 Å². The Kier molecular flexibility index (Phi) is 5.32. The number of anilines is 1. The molecule has 0 aliphatic rings. The first-order valence-corrected chi connectivity index (χ1v) is 6.11. The number of carbonyl (C=O) groups excluding carboxylic acids is 1. The molecule has 1 aromatic rings. The van der Waals surface area contributed by atoms with Crippen molar-refractivity contribution in [2.45, 2.75) is 25.6 Å². The predicted octanol–water partition coefficient (Wildman–Crippen LogP) is 1.28. The Morgan fingerprint density at radius 3 is 2.26 bits per heavy atom. The van der Waals surface area contributed by atoms with Crippen LogP contribution in [0.1, 0.15) is 19.4 Å². The van der Waals surface area contributed by atoms with Gasteiger partial charge >= 0.3 is 0 Å². The highest BCUT2D eigenvalue weighted by molar-refractivity contribution is 5.87. The Bertz CT molecular complexity index is 411. The number of nitrogen functional groups attached to an aromatic ring is 1. The highest BCUT2D eigenvalue weighted by atomic mass is 16.7. The zero-order chi connectivity index (χ0) is 14.5. The highest BCUT2D eigenvalue weighted by Crippen LogP contribution is 2.24. The molecule has 3 N–H and O–H groups in total. The van der Waals surface area contributed by atoms with E-state index < -0.39 is 11.7 Å². The van der Waals surface area contributed by atoms with E-state index >= 15 is 0 Å². The van der Waals surface area contributed by atoms with E-state index in [9.17, 15) is 4.79 Å². The molecule has 5 nitrogen and oxygen atoms in total. The maximum atomic E-state index is 12.2. The predicted molar refractivity (Wildman–Crippen MR) is 74.7 cm³/mol. The van der Waals surface area contributed by atoms with Gasteiger partial charge in [0.05, 0.1) is 12.0 Å². The third-order valence-electron chi connectivity index (χ3n) is 3.16. The van der Waals surface area contributed by atoms with Crippen LogP contribution >= 0.6 is 0 Å². The summed E-state index contributed by atoms with van der Waals surface area (Å²) < 4.78 is 10.1. The smallest absolute Gasteiger partial charge is 0.230 e. The maximum absolute atomic E-state index is 12.2. The third kappa shape index (κ3) is 3.94. The fourth-order valence-corrected chi connectivity index (χ4v) is 1.69. The van der Waals surface area contributed by atoms with Crippen LogP contribution in [0.25, 0.3) is 0 Å². The molecule has 0 spiro atoms. The van der Waals surface area contributed by atoms with E-state index in [1.807, 2.05) is 26.0 Å². The van der Waals surface area contributed by atoms with E-state index in [0.717, 1.165) is 5.56 Å². The van der Waals surface area contributed by atoms with E-state index in [2.05, 4.69) is 5.32 Å². The van der Waals surface area contributed by atoms with Crippen LogP contribution < -0.4 is 11.1 Å². The van der Waals surface area contributed by atoms with Gasteiger partial charge in [-0.1, -0.05) is 12.1 Å². The lowest BCUT2D eigenvalue weighted by atomic mass is 9.83. The van der Waals surface area contributed by atoms with Crippen molar-refractivity contribution in [3.8, 4) is 0 Å². The zero-order valence-electron chi connectivity index (χ0n) is 11.9. The van der Waals surface area contributed by atoms with Gasteiger partial charge in [-0.25, -0.2) is 0 Å². The van der Waals surface area contributed by atoms with Crippen molar-refractivity contribution < 1.29 is 14.3 Å². The van der Waals surface area contributed by atoms with Crippen LogP contribution in [0.5, 0.6) is 0 Å². The molecule has 106 valence electrons. The minimum Gasteiger partial charge on any atom is -0.399 e. The van der Waals surface area contributed by atoms with Crippen LogP contribution in [-0.4, -0.2) is 33.0 Å².